The number of nitrogens with one attached hydrogen (secondary N) is 1. The van der Waals surface area contributed by atoms with Gasteiger partial charge in [0, 0.05) is 27.7 Å². The Morgan fingerprint density at radius 1 is 0.917 bits per heavy atom. The summed E-state index contributed by atoms with van der Waals surface area (Å²) in [5.41, 5.74) is 1.98. The number of furan rings is 1. The van der Waals surface area contributed by atoms with Crippen LogP contribution in [0.2, 0.25) is 10.0 Å². The molecule has 1 heterocycles. The van der Waals surface area contributed by atoms with E-state index in [0.29, 0.717) is 29.7 Å². The molecule has 0 bridgehead atoms. The van der Waals surface area contributed by atoms with E-state index in [-0.39, 0.29) is 0 Å². The molecule has 0 saturated heterocycles. The maximum Gasteiger partial charge on any atom is 0.124 e. The van der Waals surface area contributed by atoms with Gasteiger partial charge in [-0.15, -0.1) is 0 Å². The standard InChI is InChI=1S/C19H17Cl2NO2/c20-16-8-7-15(18(21)10-16)13-24-19-6-2-1-4-14(19)11-22-12-17-5-3-9-23-17/h1-10,22H,11-13H2. The number of halogens is 2. The highest BCUT2D eigenvalue weighted by atomic mass is 35.5. The predicted octanol–water partition coefficient (Wildman–Crippen LogP) is 5.46. The molecule has 1 aromatic heterocycles. The molecule has 24 heavy (non-hydrogen) atoms. The van der Waals surface area contributed by atoms with Crippen LogP contribution in [0.5, 0.6) is 5.75 Å². The Hall–Kier alpha value is -1.94. The third-order valence-corrected chi connectivity index (χ3v) is 4.15. The zero-order chi connectivity index (χ0) is 16.8. The summed E-state index contributed by atoms with van der Waals surface area (Å²) < 4.78 is 11.3. The summed E-state index contributed by atoms with van der Waals surface area (Å²) in [7, 11) is 0. The van der Waals surface area contributed by atoms with Gasteiger partial charge in [-0.25, -0.2) is 0 Å². The first-order valence-electron chi connectivity index (χ1n) is 7.60. The van der Waals surface area contributed by atoms with Crippen molar-refractivity contribution in [1.82, 2.24) is 5.32 Å². The molecule has 124 valence electrons. The number of ether oxygens (including phenoxy) is 1. The Labute approximate surface area is 151 Å². The second-order valence-corrected chi connectivity index (χ2v) is 6.16. The van der Waals surface area contributed by atoms with Crippen molar-refractivity contribution in [3.63, 3.8) is 0 Å². The lowest BCUT2D eigenvalue weighted by Crippen LogP contribution is -2.13. The fourth-order valence-electron chi connectivity index (χ4n) is 2.32. The fraction of sp³-hybridized carbons (Fsp3) is 0.158. The molecule has 3 rings (SSSR count). The van der Waals surface area contributed by atoms with Gasteiger partial charge in [-0.2, -0.15) is 0 Å². The molecule has 0 amide bonds. The van der Waals surface area contributed by atoms with Crippen LogP contribution in [0.3, 0.4) is 0 Å². The maximum atomic E-state index is 6.19. The van der Waals surface area contributed by atoms with Gasteiger partial charge < -0.3 is 14.5 Å². The van der Waals surface area contributed by atoms with Gasteiger partial charge in [0.1, 0.15) is 18.1 Å². The van der Waals surface area contributed by atoms with Crippen molar-refractivity contribution in [3.8, 4) is 5.75 Å². The molecule has 1 N–H and O–H groups in total. The lowest BCUT2D eigenvalue weighted by Gasteiger charge is -2.13. The largest absolute Gasteiger partial charge is 0.489 e. The highest BCUT2D eigenvalue weighted by Gasteiger charge is 2.06. The van der Waals surface area contributed by atoms with E-state index in [2.05, 4.69) is 5.32 Å². The molecule has 0 atom stereocenters. The van der Waals surface area contributed by atoms with Crippen molar-refractivity contribution < 1.29 is 9.15 Å². The number of hydrogen-bond donors (Lipinski definition) is 1. The zero-order valence-electron chi connectivity index (χ0n) is 13.0. The summed E-state index contributed by atoms with van der Waals surface area (Å²) in [6.07, 6.45) is 1.67. The molecule has 0 aliphatic rings. The van der Waals surface area contributed by atoms with E-state index in [1.807, 2.05) is 48.5 Å². The van der Waals surface area contributed by atoms with Crippen LogP contribution in [0.25, 0.3) is 0 Å². The van der Waals surface area contributed by atoms with Gasteiger partial charge in [-0.1, -0.05) is 47.5 Å². The van der Waals surface area contributed by atoms with Gasteiger partial charge in [-0.05, 0) is 30.3 Å². The average Bonchev–Trinajstić information content (AvgIpc) is 3.08. The van der Waals surface area contributed by atoms with Crippen LogP contribution in [-0.4, -0.2) is 0 Å². The van der Waals surface area contributed by atoms with Crippen molar-refractivity contribution in [2.24, 2.45) is 0 Å². The van der Waals surface area contributed by atoms with Crippen molar-refractivity contribution in [2.45, 2.75) is 19.7 Å². The monoisotopic (exact) mass is 361 g/mol. The smallest absolute Gasteiger partial charge is 0.124 e. The van der Waals surface area contributed by atoms with Crippen LogP contribution >= 0.6 is 23.2 Å². The molecule has 0 unspecified atom stereocenters. The molecular weight excluding hydrogens is 345 g/mol. The first kappa shape index (κ1) is 16.9. The van der Waals surface area contributed by atoms with E-state index in [1.165, 1.54) is 0 Å². The van der Waals surface area contributed by atoms with Gasteiger partial charge in [0.05, 0.1) is 12.8 Å². The molecule has 3 aromatic rings. The lowest BCUT2D eigenvalue weighted by molar-refractivity contribution is 0.302. The highest BCUT2D eigenvalue weighted by molar-refractivity contribution is 6.35. The second-order valence-electron chi connectivity index (χ2n) is 5.32. The first-order chi connectivity index (χ1) is 11.7. The second kappa shape index (κ2) is 8.25. The summed E-state index contributed by atoms with van der Waals surface area (Å²) in [4.78, 5) is 0. The predicted molar refractivity (Wildman–Crippen MR) is 96.5 cm³/mol. The third-order valence-electron chi connectivity index (χ3n) is 3.57. The molecule has 5 heteroatoms. The molecule has 2 aromatic carbocycles. The van der Waals surface area contributed by atoms with Crippen LogP contribution in [0.4, 0.5) is 0 Å². The van der Waals surface area contributed by atoms with E-state index in [4.69, 9.17) is 32.4 Å². The van der Waals surface area contributed by atoms with E-state index in [9.17, 15) is 0 Å². The number of rotatable bonds is 7. The van der Waals surface area contributed by atoms with Crippen LogP contribution in [0.1, 0.15) is 16.9 Å². The molecule has 0 saturated carbocycles. The first-order valence-corrected chi connectivity index (χ1v) is 8.36. The molecule has 0 spiro atoms. The van der Waals surface area contributed by atoms with Crippen LogP contribution in [0.15, 0.2) is 65.3 Å². The number of hydrogen-bond acceptors (Lipinski definition) is 3. The Kier molecular flexibility index (Phi) is 5.81. The minimum absolute atomic E-state index is 0.394. The molecule has 0 radical (unpaired) electrons. The van der Waals surface area contributed by atoms with Crippen LogP contribution < -0.4 is 10.1 Å². The number of benzene rings is 2. The summed E-state index contributed by atoms with van der Waals surface area (Å²) in [6, 6.07) is 17.2. The van der Waals surface area contributed by atoms with Gasteiger partial charge >= 0.3 is 0 Å². The van der Waals surface area contributed by atoms with Crippen molar-refractivity contribution in [3.05, 3.63) is 87.8 Å². The molecule has 0 aliphatic heterocycles. The van der Waals surface area contributed by atoms with E-state index < -0.39 is 0 Å². The Morgan fingerprint density at radius 3 is 2.58 bits per heavy atom. The Morgan fingerprint density at radius 2 is 1.79 bits per heavy atom. The topological polar surface area (TPSA) is 34.4 Å². The van der Waals surface area contributed by atoms with Gasteiger partial charge in [0.15, 0.2) is 0 Å². The summed E-state index contributed by atoms with van der Waals surface area (Å²) in [5, 5.41) is 4.57. The van der Waals surface area contributed by atoms with Crippen molar-refractivity contribution in [1.29, 1.82) is 0 Å². The highest BCUT2D eigenvalue weighted by Crippen LogP contribution is 2.24. The van der Waals surface area contributed by atoms with Crippen LogP contribution in [0, 0.1) is 0 Å². The third kappa shape index (κ3) is 4.54. The van der Waals surface area contributed by atoms with E-state index in [0.717, 1.165) is 22.6 Å². The van der Waals surface area contributed by atoms with Gasteiger partial charge in [-0.3, -0.25) is 0 Å². The molecule has 0 fully saturated rings. The quantitative estimate of drug-likeness (QED) is 0.606. The lowest BCUT2D eigenvalue weighted by atomic mass is 10.2. The van der Waals surface area contributed by atoms with E-state index in [1.54, 1.807) is 12.3 Å². The SMILES string of the molecule is Clc1ccc(COc2ccccc2CNCc2ccco2)c(Cl)c1. The summed E-state index contributed by atoms with van der Waals surface area (Å²) >= 11 is 12.1. The maximum absolute atomic E-state index is 6.19. The minimum atomic E-state index is 0.394. The minimum Gasteiger partial charge on any atom is -0.489 e. The zero-order valence-corrected chi connectivity index (χ0v) is 14.5. The number of para-hydroxylation sites is 1. The van der Waals surface area contributed by atoms with Crippen molar-refractivity contribution in [2.75, 3.05) is 0 Å². The van der Waals surface area contributed by atoms with Gasteiger partial charge in [0.2, 0.25) is 0 Å². The summed E-state index contributed by atoms with van der Waals surface area (Å²) in [6.45, 7) is 1.75. The Balaban J connectivity index is 1.61. The van der Waals surface area contributed by atoms with Crippen molar-refractivity contribution >= 4 is 23.2 Å². The normalized spacial score (nSPS) is 10.8. The van der Waals surface area contributed by atoms with Crippen LogP contribution in [-0.2, 0) is 19.7 Å². The molecular formula is C19H17Cl2NO2. The molecule has 0 aliphatic carbocycles. The van der Waals surface area contributed by atoms with Gasteiger partial charge in [0.25, 0.3) is 0 Å². The Bertz CT molecular complexity index is 788. The molecule has 3 nitrogen and oxygen atoms in total. The summed E-state index contributed by atoms with van der Waals surface area (Å²) in [5.74, 6) is 1.73. The average molecular weight is 362 g/mol. The fourth-order valence-corrected chi connectivity index (χ4v) is 2.78. The van der Waals surface area contributed by atoms with E-state index >= 15 is 0 Å².